The number of carbonyl (C=O) groups excluding carboxylic acids is 2. The van der Waals surface area contributed by atoms with Crippen LogP contribution in [0.2, 0.25) is 0 Å². The van der Waals surface area contributed by atoms with Gasteiger partial charge >= 0.3 is 0 Å². The lowest BCUT2D eigenvalue weighted by Crippen LogP contribution is -2.53. The lowest BCUT2D eigenvalue weighted by molar-refractivity contribution is -0.146. The van der Waals surface area contributed by atoms with Gasteiger partial charge < -0.3 is 15.4 Å². The van der Waals surface area contributed by atoms with Crippen LogP contribution in [0.4, 0.5) is 0 Å². The van der Waals surface area contributed by atoms with Crippen molar-refractivity contribution in [3.63, 3.8) is 0 Å². The Hall–Kier alpha value is -2.04. The molecule has 5 aliphatic carbocycles. The van der Waals surface area contributed by atoms with Crippen LogP contribution in [0.1, 0.15) is 56.9 Å². The predicted molar refractivity (Wildman–Crippen MR) is 110 cm³/mol. The summed E-state index contributed by atoms with van der Waals surface area (Å²) >= 11 is 0. The molecule has 2 amide bonds. The number of benzene rings is 1. The summed E-state index contributed by atoms with van der Waals surface area (Å²) in [6.45, 7) is 0.752. The van der Waals surface area contributed by atoms with E-state index in [1.165, 1.54) is 24.8 Å². The number of amides is 2. The van der Waals surface area contributed by atoms with E-state index in [1.54, 1.807) is 0 Å². The first-order valence-electron chi connectivity index (χ1n) is 11.4. The highest BCUT2D eigenvalue weighted by molar-refractivity contribution is 5.83. The molecule has 0 saturated heterocycles. The highest BCUT2D eigenvalue weighted by Crippen LogP contribution is 2.60. The van der Waals surface area contributed by atoms with Crippen LogP contribution < -0.4 is 15.4 Å². The van der Waals surface area contributed by atoms with Crippen LogP contribution >= 0.6 is 0 Å². The molecule has 5 heteroatoms. The van der Waals surface area contributed by atoms with E-state index in [-0.39, 0.29) is 17.9 Å². The Morgan fingerprint density at radius 2 is 1.59 bits per heavy atom. The Bertz CT molecular complexity index is 734. The number of hydrogen-bond donors (Lipinski definition) is 2. The van der Waals surface area contributed by atoms with Gasteiger partial charge in [0.15, 0.2) is 6.61 Å². The standard InChI is InChI=1S/C24H32N2O3/c27-22(26-20-3-4-20)15-29-21-5-1-16(2-6-21)7-8-25-23(28)24-12-17-9-18(13-24)11-19(10-17)14-24/h1-2,5-6,17-20H,3-4,7-15H2,(H,25,28)(H,26,27). The summed E-state index contributed by atoms with van der Waals surface area (Å²) in [6, 6.07) is 8.21. The molecule has 156 valence electrons. The molecular formula is C24H32N2O3. The Balaban J connectivity index is 1.07. The van der Waals surface area contributed by atoms with Crippen LogP contribution in [0.15, 0.2) is 24.3 Å². The average molecular weight is 397 g/mol. The molecule has 5 nitrogen and oxygen atoms in total. The molecule has 0 heterocycles. The molecule has 5 saturated carbocycles. The molecule has 2 N–H and O–H groups in total. The molecule has 5 fully saturated rings. The molecule has 1 aromatic rings. The van der Waals surface area contributed by atoms with Gasteiger partial charge in [-0.1, -0.05) is 12.1 Å². The van der Waals surface area contributed by atoms with Gasteiger partial charge in [0, 0.05) is 18.0 Å². The van der Waals surface area contributed by atoms with Crippen molar-refractivity contribution < 1.29 is 14.3 Å². The fourth-order valence-electron chi connectivity index (χ4n) is 6.29. The fourth-order valence-corrected chi connectivity index (χ4v) is 6.29. The second kappa shape index (κ2) is 7.66. The van der Waals surface area contributed by atoms with Gasteiger partial charge in [-0.15, -0.1) is 0 Å². The van der Waals surface area contributed by atoms with Gasteiger partial charge in [0.1, 0.15) is 5.75 Å². The van der Waals surface area contributed by atoms with Gasteiger partial charge in [-0.2, -0.15) is 0 Å². The first kappa shape index (κ1) is 19.0. The maximum Gasteiger partial charge on any atom is 0.258 e. The lowest BCUT2D eigenvalue weighted by atomic mass is 9.49. The number of hydrogen-bond acceptors (Lipinski definition) is 3. The van der Waals surface area contributed by atoms with Gasteiger partial charge in [-0.25, -0.2) is 0 Å². The van der Waals surface area contributed by atoms with E-state index in [2.05, 4.69) is 10.6 Å². The molecule has 29 heavy (non-hydrogen) atoms. The summed E-state index contributed by atoms with van der Waals surface area (Å²) in [5, 5.41) is 6.16. The van der Waals surface area contributed by atoms with Gasteiger partial charge in [0.2, 0.25) is 5.91 Å². The second-order valence-electron chi connectivity index (χ2n) is 9.98. The Morgan fingerprint density at radius 1 is 0.966 bits per heavy atom. The van der Waals surface area contributed by atoms with Crippen molar-refractivity contribution >= 4 is 11.8 Å². The smallest absolute Gasteiger partial charge is 0.258 e. The summed E-state index contributed by atoms with van der Waals surface area (Å²) in [5.74, 6) is 3.35. The van der Waals surface area contributed by atoms with E-state index in [1.807, 2.05) is 24.3 Å². The van der Waals surface area contributed by atoms with Crippen molar-refractivity contribution in [3.8, 4) is 5.75 Å². The molecular weight excluding hydrogens is 364 g/mol. The Kier molecular flexibility index (Phi) is 5.00. The van der Waals surface area contributed by atoms with Gasteiger partial charge in [0.05, 0.1) is 0 Å². The second-order valence-corrected chi connectivity index (χ2v) is 9.98. The Labute approximate surface area is 173 Å². The van der Waals surface area contributed by atoms with E-state index in [0.717, 1.165) is 56.3 Å². The minimum atomic E-state index is -0.0620. The molecule has 1 aromatic carbocycles. The predicted octanol–water partition coefficient (Wildman–Crippen LogP) is 3.22. The van der Waals surface area contributed by atoms with Crippen LogP contribution in [-0.2, 0) is 16.0 Å². The van der Waals surface area contributed by atoms with Crippen molar-refractivity contribution in [2.75, 3.05) is 13.2 Å². The number of nitrogens with one attached hydrogen (secondary N) is 2. The molecule has 0 atom stereocenters. The average Bonchev–Trinajstić information content (AvgIpc) is 3.50. The van der Waals surface area contributed by atoms with Gasteiger partial charge in [0.25, 0.3) is 5.91 Å². The monoisotopic (exact) mass is 396 g/mol. The van der Waals surface area contributed by atoms with E-state index < -0.39 is 0 Å². The van der Waals surface area contributed by atoms with E-state index in [0.29, 0.717) is 24.2 Å². The highest BCUT2D eigenvalue weighted by atomic mass is 16.5. The van der Waals surface area contributed by atoms with E-state index in [9.17, 15) is 9.59 Å². The largest absolute Gasteiger partial charge is 0.484 e. The summed E-state index contributed by atoms with van der Waals surface area (Å²) in [4.78, 5) is 24.7. The van der Waals surface area contributed by atoms with Crippen LogP contribution in [0.25, 0.3) is 0 Å². The third-order valence-corrected chi connectivity index (χ3v) is 7.45. The molecule has 4 bridgehead atoms. The number of carbonyl (C=O) groups is 2. The van der Waals surface area contributed by atoms with Crippen molar-refractivity contribution in [2.45, 2.75) is 63.8 Å². The molecule has 6 rings (SSSR count). The van der Waals surface area contributed by atoms with Crippen LogP contribution in [-0.4, -0.2) is 31.0 Å². The lowest BCUT2D eigenvalue weighted by Gasteiger charge is -2.55. The summed E-state index contributed by atoms with van der Waals surface area (Å²) in [7, 11) is 0. The summed E-state index contributed by atoms with van der Waals surface area (Å²) in [5.41, 5.74) is 1.11. The minimum Gasteiger partial charge on any atom is -0.484 e. The summed E-state index contributed by atoms with van der Waals surface area (Å²) < 4.78 is 5.55. The van der Waals surface area contributed by atoms with Crippen molar-refractivity contribution in [1.82, 2.24) is 10.6 Å². The van der Waals surface area contributed by atoms with Crippen LogP contribution in [0, 0.1) is 23.2 Å². The zero-order valence-corrected chi connectivity index (χ0v) is 17.1. The highest BCUT2D eigenvalue weighted by Gasteiger charge is 2.54. The zero-order valence-electron chi connectivity index (χ0n) is 17.1. The third-order valence-electron chi connectivity index (χ3n) is 7.45. The topological polar surface area (TPSA) is 67.4 Å². The van der Waals surface area contributed by atoms with Crippen molar-refractivity contribution in [1.29, 1.82) is 0 Å². The number of rotatable bonds is 8. The van der Waals surface area contributed by atoms with E-state index >= 15 is 0 Å². The molecule has 0 spiro atoms. The molecule has 0 radical (unpaired) electrons. The fraction of sp³-hybridized carbons (Fsp3) is 0.667. The minimum absolute atomic E-state index is 0.0519. The van der Waals surface area contributed by atoms with Crippen molar-refractivity contribution in [3.05, 3.63) is 29.8 Å². The first-order chi connectivity index (χ1) is 14.1. The summed E-state index contributed by atoms with van der Waals surface area (Å²) in [6.07, 6.45) is 10.4. The molecule has 0 aliphatic heterocycles. The molecule has 0 unspecified atom stereocenters. The SMILES string of the molecule is O=C(COc1ccc(CCNC(=O)C23CC4CC(CC(C4)C2)C3)cc1)NC1CC1. The van der Waals surface area contributed by atoms with Gasteiger partial charge in [-0.3, -0.25) is 9.59 Å². The normalized spacial score (nSPS) is 32.1. The number of ether oxygens (including phenoxy) is 1. The third kappa shape index (κ3) is 4.29. The van der Waals surface area contributed by atoms with Crippen LogP contribution in [0.3, 0.4) is 0 Å². The molecule has 5 aliphatic rings. The maximum atomic E-state index is 13.0. The van der Waals surface area contributed by atoms with E-state index in [4.69, 9.17) is 4.74 Å². The zero-order chi connectivity index (χ0) is 19.8. The van der Waals surface area contributed by atoms with Crippen molar-refractivity contribution in [2.24, 2.45) is 23.2 Å². The van der Waals surface area contributed by atoms with Crippen LogP contribution in [0.5, 0.6) is 5.75 Å². The first-order valence-corrected chi connectivity index (χ1v) is 11.4. The maximum absolute atomic E-state index is 13.0. The quantitative estimate of drug-likeness (QED) is 0.709. The molecule has 0 aromatic heterocycles. The Morgan fingerprint density at radius 3 is 2.17 bits per heavy atom. The van der Waals surface area contributed by atoms with Gasteiger partial charge in [-0.05, 0) is 93.2 Å².